The van der Waals surface area contributed by atoms with Crippen LogP contribution in [0.5, 0.6) is 0 Å². The molecule has 0 spiro atoms. The van der Waals surface area contributed by atoms with Crippen LogP contribution in [0.1, 0.15) is 62.3 Å². The number of carbonyl (C=O) groups is 1. The average molecular weight is 341 g/mol. The van der Waals surface area contributed by atoms with Crippen molar-refractivity contribution in [2.24, 2.45) is 0 Å². The van der Waals surface area contributed by atoms with Gasteiger partial charge in [0.2, 0.25) is 0 Å². The molecule has 3 rings (SSSR count). The molecule has 0 radical (unpaired) electrons. The van der Waals surface area contributed by atoms with E-state index in [0.29, 0.717) is 6.54 Å². The first-order valence-corrected chi connectivity index (χ1v) is 9.28. The zero-order valence-corrected chi connectivity index (χ0v) is 14.9. The molecule has 1 atom stereocenters. The van der Waals surface area contributed by atoms with Gasteiger partial charge in [-0.25, -0.2) is 4.79 Å². The smallest absolute Gasteiger partial charge is 0.315 e. The number of hydrogen-bond acceptors (Lipinski definition) is 3. The van der Waals surface area contributed by atoms with Crippen molar-refractivity contribution in [2.75, 3.05) is 0 Å². The van der Waals surface area contributed by atoms with Gasteiger partial charge in [0.25, 0.3) is 0 Å². The number of amides is 2. The fourth-order valence-corrected chi connectivity index (χ4v) is 3.34. The van der Waals surface area contributed by atoms with Crippen molar-refractivity contribution in [3.63, 3.8) is 0 Å². The van der Waals surface area contributed by atoms with Gasteiger partial charge in [-0.3, -0.25) is 0 Å². The molecule has 0 saturated carbocycles. The lowest BCUT2D eigenvalue weighted by molar-refractivity contribution is 0.235. The Hall–Kier alpha value is -2.37. The van der Waals surface area contributed by atoms with E-state index in [1.54, 1.807) is 0 Å². The van der Waals surface area contributed by atoms with E-state index in [2.05, 4.69) is 44.5 Å². The molecular formula is C19H27N5O. The van der Waals surface area contributed by atoms with Gasteiger partial charge in [0.15, 0.2) is 5.82 Å². The van der Waals surface area contributed by atoms with Crippen LogP contribution in [0.15, 0.2) is 30.3 Å². The van der Waals surface area contributed by atoms with Crippen LogP contribution in [-0.4, -0.2) is 20.8 Å². The van der Waals surface area contributed by atoms with Gasteiger partial charge in [0, 0.05) is 13.0 Å². The first kappa shape index (κ1) is 17.5. The number of rotatable bonds is 6. The highest BCUT2D eigenvalue weighted by molar-refractivity contribution is 5.74. The van der Waals surface area contributed by atoms with Gasteiger partial charge in [-0.15, -0.1) is 10.2 Å². The van der Waals surface area contributed by atoms with Crippen molar-refractivity contribution in [3.05, 3.63) is 47.5 Å². The molecule has 2 amide bonds. The van der Waals surface area contributed by atoms with Gasteiger partial charge >= 0.3 is 6.03 Å². The third-order valence-corrected chi connectivity index (χ3v) is 4.68. The standard InChI is InChI=1S/C19H27N5O/c1-2-9-16(15-10-5-3-6-11-15)21-19(25)20-14-18-23-22-17-12-7-4-8-13-24(17)18/h3,5-6,10-11,16H,2,4,7-9,12-14H2,1H3,(H2,20,21,25)/t16-/m1/s1. The van der Waals surface area contributed by atoms with Crippen LogP contribution < -0.4 is 10.6 Å². The molecule has 0 aliphatic carbocycles. The van der Waals surface area contributed by atoms with Crippen LogP contribution in [0.2, 0.25) is 0 Å². The van der Waals surface area contributed by atoms with E-state index in [1.165, 1.54) is 12.8 Å². The number of carbonyl (C=O) groups excluding carboxylic acids is 1. The number of aromatic nitrogens is 3. The minimum absolute atomic E-state index is 0.0294. The van der Waals surface area contributed by atoms with Gasteiger partial charge < -0.3 is 15.2 Å². The minimum Gasteiger partial charge on any atom is -0.331 e. The summed E-state index contributed by atoms with van der Waals surface area (Å²) in [7, 11) is 0. The van der Waals surface area contributed by atoms with Crippen molar-refractivity contribution in [1.29, 1.82) is 0 Å². The Morgan fingerprint density at radius 1 is 1.20 bits per heavy atom. The fourth-order valence-electron chi connectivity index (χ4n) is 3.34. The molecule has 1 aliphatic rings. The molecule has 0 unspecified atom stereocenters. The highest BCUT2D eigenvalue weighted by Crippen LogP contribution is 2.18. The second-order valence-corrected chi connectivity index (χ2v) is 6.57. The van der Waals surface area contributed by atoms with E-state index < -0.39 is 0 Å². The molecule has 25 heavy (non-hydrogen) atoms. The molecular weight excluding hydrogens is 314 g/mol. The first-order valence-electron chi connectivity index (χ1n) is 9.28. The topological polar surface area (TPSA) is 71.8 Å². The zero-order valence-electron chi connectivity index (χ0n) is 14.9. The maximum atomic E-state index is 12.4. The number of nitrogens with one attached hydrogen (secondary N) is 2. The fraction of sp³-hybridized carbons (Fsp3) is 0.526. The molecule has 134 valence electrons. The Balaban J connectivity index is 1.58. The van der Waals surface area contributed by atoms with Crippen molar-refractivity contribution in [2.45, 2.75) is 64.6 Å². The van der Waals surface area contributed by atoms with Gasteiger partial charge in [-0.1, -0.05) is 50.1 Å². The van der Waals surface area contributed by atoms with E-state index in [-0.39, 0.29) is 12.1 Å². The number of aryl methyl sites for hydroxylation is 1. The molecule has 1 aromatic heterocycles. The van der Waals surface area contributed by atoms with Gasteiger partial charge in [-0.05, 0) is 24.8 Å². The number of benzene rings is 1. The summed E-state index contributed by atoms with van der Waals surface area (Å²) in [6.45, 7) is 3.48. The van der Waals surface area contributed by atoms with Crippen LogP contribution >= 0.6 is 0 Å². The van der Waals surface area contributed by atoms with Gasteiger partial charge in [0.05, 0.1) is 12.6 Å². The lowest BCUT2D eigenvalue weighted by Gasteiger charge is -2.19. The Bertz CT molecular complexity index is 682. The Labute approximate surface area is 149 Å². The van der Waals surface area contributed by atoms with E-state index in [4.69, 9.17) is 0 Å². The summed E-state index contributed by atoms with van der Waals surface area (Å²) in [6, 6.07) is 9.98. The van der Waals surface area contributed by atoms with Crippen LogP contribution in [0.4, 0.5) is 4.79 Å². The summed E-state index contributed by atoms with van der Waals surface area (Å²) in [6.07, 6.45) is 6.45. The minimum atomic E-state index is -0.159. The molecule has 6 heteroatoms. The average Bonchev–Trinajstić information content (AvgIpc) is 2.86. The lowest BCUT2D eigenvalue weighted by atomic mass is 10.0. The Kier molecular flexibility index (Phi) is 6.04. The third-order valence-electron chi connectivity index (χ3n) is 4.68. The molecule has 1 aromatic carbocycles. The third kappa shape index (κ3) is 4.59. The number of fused-ring (bicyclic) bond motifs is 1. The Morgan fingerprint density at radius 2 is 2.04 bits per heavy atom. The predicted molar refractivity (Wildman–Crippen MR) is 97.0 cm³/mol. The summed E-state index contributed by atoms with van der Waals surface area (Å²) >= 11 is 0. The van der Waals surface area contributed by atoms with Crippen molar-refractivity contribution in [3.8, 4) is 0 Å². The molecule has 2 aromatic rings. The second-order valence-electron chi connectivity index (χ2n) is 6.57. The maximum Gasteiger partial charge on any atom is 0.315 e. The van der Waals surface area contributed by atoms with Gasteiger partial charge in [0.1, 0.15) is 5.82 Å². The SMILES string of the molecule is CCC[C@@H](NC(=O)NCc1nnc2n1CCCCC2)c1ccccc1. The van der Waals surface area contributed by atoms with E-state index >= 15 is 0 Å². The highest BCUT2D eigenvalue weighted by Gasteiger charge is 2.17. The monoisotopic (exact) mass is 341 g/mol. The molecule has 2 heterocycles. The van der Waals surface area contributed by atoms with Crippen molar-refractivity contribution >= 4 is 6.03 Å². The highest BCUT2D eigenvalue weighted by atomic mass is 16.2. The number of nitrogens with zero attached hydrogens (tertiary/aromatic N) is 3. The van der Waals surface area contributed by atoms with E-state index in [1.807, 2.05) is 18.2 Å². The van der Waals surface area contributed by atoms with Crippen LogP contribution in [-0.2, 0) is 19.5 Å². The van der Waals surface area contributed by atoms with E-state index in [0.717, 1.165) is 49.4 Å². The van der Waals surface area contributed by atoms with Crippen LogP contribution in [0, 0.1) is 0 Å². The zero-order chi connectivity index (χ0) is 17.5. The summed E-state index contributed by atoms with van der Waals surface area (Å²) in [5, 5.41) is 14.6. The summed E-state index contributed by atoms with van der Waals surface area (Å²) < 4.78 is 2.16. The summed E-state index contributed by atoms with van der Waals surface area (Å²) in [4.78, 5) is 12.4. The molecule has 6 nitrogen and oxygen atoms in total. The van der Waals surface area contributed by atoms with Gasteiger partial charge in [-0.2, -0.15) is 0 Å². The Morgan fingerprint density at radius 3 is 2.84 bits per heavy atom. The second kappa shape index (κ2) is 8.65. The molecule has 1 aliphatic heterocycles. The molecule has 0 fully saturated rings. The normalized spacial score (nSPS) is 15.1. The molecule has 2 N–H and O–H groups in total. The van der Waals surface area contributed by atoms with Crippen LogP contribution in [0.3, 0.4) is 0 Å². The first-order chi connectivity index (χ1) is 12.3. The van der Waals surface area contributed by atoms with E-state index in [9.17, 15) is 4.79 Å². The van der Waals surface area contributed by atoms with Crippen molar-refractivity contribution < 1.29 is 4.79 Å². The lowest BCUT2D eigenvalue weighted by Crippen LogP contribution is -2.38. The number of hydrogen-bond donors (Lipinski definition) is 2. The molecule has 0 bridgehead atoms. The van der Waals surface area contributed by atoms with Crippen LogP contribution in [0.25, 0.3) is 0 Å². The van der Waals surface area contributed by atoms with Crippen molar-refractivity contribution in [1.82, 2.24) is 25.4 Å². The summed E-state index contributed by atoms with van der Waals surface area (Å²) in [5.74, 6) is 1.89. The maximum absolute atomic E-state index is 12.4. The predicted octanol–water partition coefficient (Wildman–Crippen LogP) is 3.35. The number of urea groups is 1. The quantitative estimate of drug-likeness (QED) is 0.846. The largest absolute Gasteiger partial charge is 0.331 e. The summed E-state index contributed by atoms with van der Waals surface area (Å²) in [5.41, 5.74) is 1.14. The molecule has 0 saturated heterocycles.